The number of aromatic hydroxyl groups is 1. The molecule has 5 nitrogen and oxygen atoms in total. The van der Waals surface area contributed by atoms with Gasteiger partial charge in [0.1, 0.15) is 5.75 Å². The van der Waals surface area contributed by atoms with Crippen LogP contribution in [0, 0.1) is 0 Å². The molecule has 0 aliphatic rings. The van der Waals surface area contributed by atoms with Crippen LogP contribution in [0.4, 0.5) is 0 Å². The Morgan fingerprint density at radius 1 is 1.11 bits per heavy atom. The number of benzene rings is 3. The number of carbonyl (C=O) groups excluding carboxylic acids is 1. The minimum atomic E-state index is -0.524. The van der Waals surface area contributed by atoms with Gasteiger partial charge < -0.3 is 10.2 Å². The van der Waals surface area contributed by atoms with E-state index in [1.54, 1.807) is 19.2 Å². The van der Waals surface area contributed by atoms with Crippen molar-refractivity contribution in [2.75, 3.05) is 0 Å². The van der Waals surface area contributed by atoms with E-state index in [-0.39, 0.29) is 10.8 Å². The highest BCUT2D eigenvalue weighted by Gasteiger charge is 2.08. The molecule has 3 rings (SSSR count). The quantitative estimate of drug-likeness (QED) is 0.444. The summed E-state index contributed by atoms with van der Waals surface area (Å²) in [6.07, 6.45) is 4.65. The lowest BCUT2D eigenvalue weighted by Gasteiger charge is -2.07. The molecule has 6 heteroatoms. The van der Waals surface area contributed by atoms with E-state index >= 15 is 0 Å². The molecule has 0 aromatic heterocycles. The number of aliphatic hydroxyl groups excluding tert-OH is 1. The number of hydrogen-bond donors (Lipinski definition) is 3. The third kappa shape index (κ3) is 4.57. The minimum absolute atomic E-state index is 0.0853. The van der Waals surface area contributed by atoms with Crippen LogP contribution in [0.25, 0.3) is 16.8 Å². The van der Waals surface area contributed by atoms with E-state index in [1.165, 1.54) is 18.2 Å². The fraction of sp³-hybridized carbons (Fsp3) is 0.0909. The van der Waals surface area contributed by atoms with E-state index in [0.717, 1.165) is 21.9 Å². The number of nitrogens with one attached hydrogen (secondary N) is 1. The third-order valence-electron chi connectivity index (χ3n) is 4.13. The number of aliphatic hydroxyl groups is 1. The van der Waals surface area contributed by atoms with Gasteiger partial charge in [-0.05, 0) is 41.5 Å². The van der Waals surface area contributed by atoms with Crippen LogP contribution in [0.1, 0.15) is 28.4 Å². The molecule has 0 saturated heterocycles. The maximum Gasteiger partial charge on any atom is 0.271 e. The number of carbonyl (C=O) groups is 1. The van der Waals surface area contributed by atoms with Crippen LogP contribution in [-0.4, -0.2) is 28.4 Å². The largest absolute Gasteiger partial charge is 0.506 e. The molecule has 0 spiro atoms. The molecule has 3 N–H and O–H groups in total. The Hall–Kier alpha value is -3.15. The molecule has 0 bridgehead atoms. The average Bonchev–Trinajstić information content (AvgIpc) is 2.69. The van der Waals surface area contributed by atoms with Crippen LogP contribution in [0.3, 0.4) is 0 Å². The van der Waals surface area contributed by atoms with Gasteiger partial charge in [0.2, 0.25) is 0 Å². The van der Waals surface area contributed by atoms with E-state index in [4.69, 9.17) is 11.6 Å². The number of phenols is 1. The first-order valence-electron chi connectivity index (χ1n) is 8.65. The Morgan fingerprint density at radius 3 is 2.46 bits per heavy atom. The molecule has 3 aromatic carbocycles. The van der Waals surface area contributed by atoms with Crippen molar-refractivity contribution in [3.8, 4) is 5.75 Å². The predicted molar refractivity (Wildman–Crippen MR) is 113 cm³/mol. The highest BCUT2D eigenvalue weighted by molar-refractivity contribution is 6.32. The highest BCUT2D eigenvalue weighted by atomic mass is 35.5. The molecule has 0 aliphatic heterocycles. The Balaban J connectivity index is 1.83. The lowest BCUT2D eigenvalue weighted by Crippen LogP contribution is -2.17. The number of phenolic OH excluding ortho intramolecular Hbond substituents is 1. The van der Waals surface area contributed by atoms with Gasteiger partial charge in [-0.2, -0.15) is 5.10 Å². The molecule has 0 fully saturated rings. The Labute approximate surface area is 167 Å². The van der Waals surface area contributed by atoms with Crippen molar-refractivity contribution in [1.29, 1.82) is 0 Å². The van der Waals surface area contributed by atoms with Gasteiger partial charge in [0, 0.05) is 11.1 Å². The first kappa shape index (κ1) is 19.6. The first-order chi connectivity index (χ1) is 13.5. The van der Waals surface area contributed by atoms with Gasteiger partial charge in [0.15, 0.2) is 0 Å². The fourth-order valence-electron chi connectivity index (χ4n) is 2.72. The van der Waals surface area contributed by atoms with Crippen LogP contribution >= 0.6 is 11.6 Å². The maximum atomic E-state index is 12.2. The average molecular weight is 395 g/mol. The van der Waals surface area contributed by atoms with Gasteiger partial charge >= 0.3 is 0 Å². The zero-order chi connectivity index (χ0) is 20.1. The Bertz CT molecular complexity index is 1070. The summed E-state index contributed by atoms with van der Waals surface area (Å²) in [5.41, 5.74) is 4.58. The topological polar surface area (TPSA) is 81.9 Å². The number of amides is 1. The van der Waals surface area contributed by atoms with E-state index in [0.29, 0.717) is 5.56 Å². The normalized spacial score (nSPS) is 12.7. The summed E-state index contributed by atoms with van der Waals surface area (Å²) in [4.78, 5) is 12.2. The molecule has 1 amide bonds. The molecule has 0 radical (unpaired) electrons. The van der Waals surface area contributed by atoms with Crippen molar-refractivity contribution in [2.45, 2.75) is 13.0 Å². The fourth-order valence-corrected chi connectivity index (χ4v) is 2.90. The number of fused-ring (bicyclic) bond motifs is 1. The van der Waals surface area contributed by atoms with Crippen LogP contribution in [0.5, 0.6) is 5.75 Å². The standard InChI is InChI=1S/C22H19ClN2O3/c1-14(26)6-7-15-8-9-17(19-5-3-2-4-18(15)19)13-24-25-22(28)16-10-11-21(27)20(23)12-16/h2-14,26-27H,1H3,(H,25,28)/b7-6+,24-13+. The SMILES string of the molecule is CC(O)/C=C/c1ccc(/C=N/NC(=O)c2ccc(O)c(Cl)c2)c2ccccc12. The van der Waals surface area contributed by atoms with Crippen LogP contribution < -0.4 is 5.43 Å². The summed E-state index contributed by atoms with van der Waals surface area (Å²) >= 11 is 5.82. The monoisotopic (exact) mass is 394 g/mol. The smallest absolute Gasteiger partial charge is 0.271 e. The minimum Gasteiger partial charge on any atom is -0.506 e. The second kappa shape index (κ2) is 8.69. The van der Waals surface area contributed by atoms with Gasteiger partial charge in [-0.25, -0.2) is 5.43 Å². The van der Waals surface area contributed by atoms with Gasteiger partial charge in [0.25, 0.3) is 5.91 Å². The maximum absolute atomic E-state index is 12.2. The molecule has 0 saturated carbocycles. The lowest BCUT2D eigenvalue weighted by atomic mass is 9.99. The summed E-state index contributed by atoms with van der Waals surface area (Å²) in [5, 5.41) is 25.0. The van der Waals surface area contributed by atoms with E-state index in [2.05, 4.69) is 10.5 Å². The molecule has 1 unspecified atom stereocenters. The summed E-state index contributed by atoms with van der Waals surface area (Å²) in [7, 11) is 0. The molecular formula is C22H19ClN2O3. The number of halogens is 1. The molecule has 28 heavy (non-hydrogen) atoms. The number of nitrogens with zero attached hydrogens (tertiary/aromatic N) is 1. The second-order valence-corrected chi connectivity index (χ2v) is 6.66. The van der Waals surface area contributed by atoms with Gasteiger partial charge in [-0.1, -0.05) is 60.2 Å². The van der Waals surface area contributed by atoms with Crippen molar-refractivity contribution in [3.05, 3.63) is 82.4 Å². The summed E-state index contributed by atoms with van der Waals surface area (Å²) in [6, 6.07) is 15.9. The molecule has 3 aromatic rings. The number of rotatable bonds is 5. The van der Waals surface area contributed by atoms with Crippen LogP contribution in [-0.2, 0) is 0 Å². The van der Waals surface area contributed by atoms with Gasteiger partial charge in [-0.15, -0.1) is 0 Å². The highest BCUT2D eigenvalue weighted by Crippen LogP contribution is 2.24. The van der Waals surface area contributed by atoms with Crippen molar-refractivity contribution >= 4 is 40.6 Å². The van der Waals surface area contributed by atoms with Gasteiger partial charge in [-0.3, -0.25) is 4.79 Å². The van der Waals surface area contributed by atoms with Crippen molar-refractivity contribution in [2.24, 2.45) is 5.10 Å². The summed E-state index contributed by atoms with van der Waals surface area (Å²) in [6.45, 7) is 1.70. The molecule has 1 atom stereocenters. The third-order valence-corrected chi connectivity index (χ3v) is 4.43. The van der Waals surface area contributed by atoms with Crippen molar-refractivity contribution < 1.29 is 15.0 Å². The second-order valence-electron chi connectivity index (χ2n) is 6.25. The zero-order valence-corrected chi connectivity index (χ0v) is 15.9. The summed E-state index contributed by atoms with van der Waals surface area (Å²) < 4.78 is 0. The molecular weight excluding hydrogens is 376 g/mol. The Morgan fingerprint density at radius 2 is 1.79 bits per heavy atom. The zero-order valence-electron chi connectivity index (χ0n) is 15.1. The van der Waals surface area contributed by atoms with Crippen molar-refractivity contribution in [3.63, 3.8) is 0 Å². The molecule has 0 aliphatic carbocycles. The number of hydrazone groups is 1. The molecule has 0 heterocycles. The lowest BCUT2D eigenvalue weighted by molar-refractivity contribution is 0.0955. The van der Waals surface area contributed by atoms with E-state index < -0.39 is 12.0 Å². The van der Waals surface area contributed by atoms with Crippen LogP contribution in [0.2, 0.25) is 5.02 Å². The van der Waals surface area contributed by atoms with E-state index in [9.17, 15) is 15.0 Å². The summed E-state index contributed by atoms with van der Waals surface area (Å²) in [5.74, 6) is -0.517. The van der Waals surface area contributed by atoms with Crippen molar-refractivity contribution in [1.82, 2.24) is 5.43 Å². The first-order valence-corrected chi connectivity index (χ1v) is 9.03. The van der Waals surface area contributed by atoms with Gasteiger partial charge in [0.05, 0.1) is 17.3 Å². The molecule has 142 valence electrons. The van der Waals surface area contributed by atoms with Crippen LogP contribution in [0.15, 0.2) is 65.8 Å². The van der Waals surface area contributed by atoms with E-state index in [1.807, 2.05) is 42.5 Å². The number of hydrogen-bond acceptors (Lipinski definition) is 4. The predicted octanol–water partition coefficient (Wildman–Crippen LogP) is 4.36. The Kier molecular flexibility index (Phi) is 6.09.